The second kappa shape index (κ2) is 9.24. The van der Waals surface area contributed by atoms with Crippen LogP contribution in [0.2, 0.25) is 0 Å². The van der Waals surface area contributed by atoms with Gasteiger partial charge >= 0.3 is 0 Å². The minimum Gasteiger partial charge on any atom is -0.212 e. The second-order valence-corrected chi connectivity index (χ2v) is 2.56. The van der Waals surface area contributed by atoms with Crippen molar-refractivity contribution in [2.75, 3.05) is 0 Å². The fraction of sp³-hybridized carbons (Fsp3) is 0.500. The van der Waals surface area contributed by atoms with Crippen molar-refractivity contribution < 1.29 is 4.39 Å². The molecule has 0 atom stereocenters. The van der Waals surface area contributed by atoms with Crippen LogP contribution >= 0.6 is 0 Å². The quantitative estimate of drug-likeness (QED) is 0.553. The maximum atomic E-state index is 12.4. The van der Waals surface area contributed by atoms with Gasteiger partial charge in [0.2, 0.25) is 0 Å². The zero-order valence-corrected chi connectivity index (χ0v) is 9.45. The van der Waals surface area contributed by atoms with Gasteiger partial charge in [-0.1, -0.05) is 45.1 Å². The summed E-state index contributed by atoms with van der Waals surface area (Å²) < 4.78 is 12.4. The minimum atomic E-state index is -0.134. The predicted octanol–water partition coefficient (Wildman–Crippen LogP) is 4.80. The molecule has 0 saturated carbocycles. The lowest BCUT2D eigenvalue weighted by molar-refractivity contribution is 0.631. The highest BCUT2D eigenvalue weighted by Gasteiger charge is 1.88. The summed E-state index contributed by atoms with van der Waals surface area (Å²) in [6.07, 6.45) is 4.51. The van der Waals surface area contributed by atoms with Gasteiger partial charge in [-0.3, -0.25) is 0 Å². The van der Waals surface area contributed by atoms with Crippen molar-refractivity contribution in [2.24, 2.45) is 0 Å². The van der Waals surface area contributed by atoms with E-state index >= 15 is 0 Å². The van der Waals surface area contributed by atoms with E-state index in [-0.39, 0.29) is 5.83 Å². The molecule has 0 aliphatic rings. The lowest BCUT2D eigenvalue weighted by atomic mass is 10.2. The lowest BCUT2D eigenvalue weighted by Gasteiger charge is -1.93. The van der Waals surface area contributed by atoms with Crippen LogP contribution in [-0.4, -0.2) is 0 Å². The molecule has 1 heteroatoms. The molecular weight excluding hydrogens is 163 g/mol. The van der Waals surface area contributed by atoms with E-state index in [1.807, 2.05) is 26.8 Å². The number of hydrogen-bond donors (Lipinski definition) is 0. The van der Waals surface area contributed by atoms with Crippen LogP contribution < -0.4 is 0 Å². The molecule has 13 heavy (non-hydrogen) atoms. The SMILES string of the molecule is C=C(/C=C\C(C)=C(/C)F)CC.CC. The Morgan fingerprint density at radius 2 is 1.69 bits per heavy atom. The van der Waals surface area contributed by atoms with E-state index in [0.717, 1.165) is 12.0 Å². The van der Waals surface area contributed by atoms with Crippen molar-refractivity contribution in [1.29, 1.82) is 0 Å². The van der Waals surface area contributed by atoms with Gasteiger partial charge in [0.15, 0.2) is 0 Å². The molecule has 0 N–H and O–H groups in total. The maximum Gasteiger partial charge on any atom is 0.0997 e. The Bertz CT molecular complexity index is 193. The highest BCUT2D eigenvalue weighted by molar-refractivity contribution is 5.25. The smallest absolute Gasteiger partial charge is 0.0997 e. The van der Waals surface area contributed by atoms with Gasteiger partial charge in [-0.2, -0.15) is 0 Å². The molecule has 0 aromatic carbocycles. The van der Waals surface area contributed by atoms with Crippen molar-refractivity contribution in [2.45, 2.75) is 41.0 Å². The summed E-state index contributed by atoms with van der Waals surface area (Å²) in [5, 5.41) is 0. The molecular formula is C12H21F. The van der Waals surface area contributed by atoms with Crippen LogP contribution in [0.5, 0.6) is 0 Å². The van der Waals surface area contributed by atoms with Gasteiger partial charge < -0.3 is 0 Å². The lowest BCUT2D eigenvalue weighted by Crippen LogP contribution is -1.74. The summed E-state index contributed by atoms with van der Waals surface area (Å²) in [5.74, 6) is -0.134. The van der Waals surface area contributed by atoms with E-state index < -0.39 is 0 Å². The van der Waals surface area contributed by atoms with E-state index in [2.05, 4.69) is 6.58 Å². The highest BCUT2D eigenvalue weighted by Crippen LogP contribution is 2.07. The van der Waals surface area contributed by atoms with Gasteiger partial charge in [0.1, 0.15) is 0 Å². The summed E-state index contributed by atoms with van der Waals surface area (Å²) in [7, 11) is 0. The topological polar surface area (TPSA) is 0 Å². The number of hydrogen-bond acceptors (Lipinski definition) is 0. The third-order valence-electron chi connectivity index (χ3n) is 1.57. The van der Waals surface area contributed by atoms with E-state index in [1.165, 1.54) is 6.92 Å². The van der Waals surface area contributed by atoms with Crippen LogP contribution in [0.4, 0.5) is 4.39 Å². The Morgan fingerprint density at radius 1 is 1.23 bits per heavy atom. The summed E-state index contributed by atoms with van der Waals surface area (Å²) in [5.41, 5.74) is 1.69. The molecule has 0 amide bonds. The Balaban J connectivity index is 0. The molecule has 0 aromatic heterocycles. The highest BCUT2D eigenvalue weighted by atomic mass is 19.1. The molecule has 0 aliphatic carbocycles. The number of halogens is 1. The molecule has 0 heterocycles. The molecule has 0 saturated heterocycles. The summed E-state index contributed by atoms with van der Waals surface area (Å²) in [6, 6.07) is 0. The average Bonchev–Trinajstić information content (AvgIpc) is 2.16. The molecule has 0 spiro atoms. The second-order valence-electron chi connectivity index (χ2n) is 2.56. The fourth-order valence-electron chi connectivity index (χ4n) is 0.476. The monoisotopic (exact) mass is 184 g/mol. The van der Waals surface area contributed by atoms with Crippen molar-refractivity contribution >= 4 is 0 Å². The van der Waals surface area contributed by atoms with Crippen molar-refractivity contribution in [3.8, 4) is 0 Å². The molecule has 0 bridgehead atoms. The van der Waals surface area contributed by atoms with Gasteiger partial charge in [-0.15, -0.1) is 0 Å². The first-order chi connectivity index (χ1) is 6.07. The summed E-state index contributed by atoms with van der Waals surface area (Å²) in [4.78, 5) is 0. The molecule has 0 nitrogen and oxygen atoms in total. The average molecular weight is 184 g/mol. The maximum absolute atomic E-state index is 12.4. The number of allylic oxidation sites excluding steroid dienone is 5. The largest absolute Gasteiger partial charge is 0.212 e. The molecule has 0 radical (unpaired) electrons. The van der Waals surface area contributed by atoms with Crippen molar-refractivity contribution in [3.05, 3.63) is 35.7 Å². The Labute approximate surface area is 81.9 Å². The molecule has 76 valence electrons. The van der Waals surface area contributed by atoms with Gasteiger partial charge in [0.25, 0.3) is 0 Å². The van der Waals surface area contributed by atoms with Gasteiger partial charge in [-0.05, 0) is 25.8 Å². The number of rotatable bonds is 3. The van der Waals surface area contributed by atoms with Crippen LogP contribution in [0.25, 0.3) is 0 Å². The van der Waals surface area contributed by atoms with Crippen LogP contribution in [-0.2, 0) is 0 Å². The van der Waals surface area contributed by atoms with Crippen molar-refractivity contribution in [3.63, 3.8) is 0 Å². The van der Waals surface area contributed by atoms with Gasteiger partial charge in [-0.25, -0.2) is 4.39 Å². The predicted molar refractivity (Wildman–Crippen MR) is 59.4 cm³/mol. The van der Waals surface area contributed by atoms with Crippen LogP contribution in [0.3, 0.4) is 0 Å². The van der Waals surface area contributed by atoms with E-state index in [9.17, 15) is 4.39 Å². The first-order valence-corrected chi connectivity index (χ1v) is 4.76. The molecule has 0 fully saturated rings. The van der Waals surface area contributed by atoms with Gasteiger partial charge in [0, 0.05) is 0 Å². The minimum absolute atomic E-state index is 0.134. The third kappa shape index (κ3) is 9.06. The van der Waals surface area contributed by atoms with Crippen LogP contribution in [0.15, 0.2) is 35.7 Å². The van der Waals surface area contributed by atoms with E-state index in [0.29, 0.717) is 5.57 Å². The Hall–Kier alpha value is -0.850. The normalized spacial score (nSPS) is 11.8. The first-order valence-electron chi connectivity index (χ1n) is 4.76. The van der Waals surface area contributed by atoms with E-state index in [1.54, 1.807) is 13.0 Å². The Kier molecular flexibility index (Phi) is 10.4. The molecule has 0 rings (SSSR count). The first kappa shape index (κ1) is 14.7. The third-order valence-corrected chi connectivity index (χ3v) is 1.57. The fourth-order valence-corrected chi connectivity index (χ4v) is 0.476. The molecule has 0 aromatic rings. The summed E-state index contributed by atoms with van der Waals surface area (Å²) >= 11 is 0. The van der Waals surface area contributed by atoms with E-state index in [4.69, 9.17) is 0 Å². The van der Waals surface area contributed by atoms with Crippen molar-refractivity contribution in [1.82, 2.24) is 0 Å². The van der Waals surface area contributed by atoms with Crippen LogP contribution in [0.1, 0.15) is 41.0 Å². The standard InChI is InChI=1S/C10H15F.C2H6/c1-5-8(2)6-7-9(3)10(4)11;1-2/h6-7H,2,5H2,1,3-4H3;1-2H3/b7-6-,10-9+;. The summed E-state index contributed by atoms with van der Waals surface area (Å²) in [6.45, 7) is 13.0. The Morgan fingerprint density at radius 3 is 2.00 bits per heavy atom. The zero-order valence-electron chi connectivity index (χ0n) is 9.45. The molecule has 0 unspecified atom stereocenters. The van der Waals surface area contributed by atoms with Crippen LogP contribution in [0, 0.1) is 0 Å². The zero-order chi connectivity index (χ0) is 10.9. The van der Waals surface area contributed by atoms with Gasteiger partial charge in [0.05, 0.1) is 5.83 Å². The molecule has 0 aliphatic heterocycles.